The minimum absolute atomic E-state index is 0.267. The van der Waals surface area contributed by atoms with Crippen molar-refractivity contribution in [2.75, 3.05) is 25.0 Å². The zero-order chi connectivity index (χ0) is 16.5. The van der Waals surface area contributed by atoms with Crippen molar-refractivity contribution < 1.29 is 4.79 Å². The minimum Gasteiger partial charge on any atom is -0.355 e. The number of anilines is 1. The molecule has 1 amide bonds. The van der Waals surface area contributed by atoms with Crippen molar-refractivity contribution in [1.29, 1.82) is 0 Å². The van der Waals surface area contributed by atoms with Gasteiger partial charge in [-0.3, -0.25) is 9.78 Å². The second-order valence-electron chi connectivity index (χ2n) is 6.85. The SMILES string of the molecule is CN(c1cnccn1)[C@@H]1CC[C@@H]2CN(C(=O)Cc3ccsc3)C[C@@H]21. The molecule has 2 fully saturated rings. The summed E-state index contributed by atoms with van der Waals surface area (Å²) in [6.07, 6.45) is 8.17. The van der Waals surface area contributed by atoms with Crippen LogP contribution in [0.25, 0.3) is 0 Å². The Morgan fingerprint density at radius 1 is 1.38 bits per heavy atom. The molecule has 2 aliphatic rings. The Hall–Kier alpha value is -1.95. The van der Waals surface area contributed by atoms with Crippen LogP contribution in [0.1, 0.15) is 18.4 Å². The van der Waals surface area contributed by atoms with Crippen LogP contribution in [-0.4, -0.2) is 47.0 Å². The van der Waals surface area contributed by atoms with Crippen LogP contribution >= 0.6 is 11.3 Å². The molecule has 0 bridgehead atoms. The summed E-state index contributed by atoms with van der Waals surface area (Å²) in [5, 5.41) is 4.10. The Morgan fingerprint density at radius 2 is 2.29 bits per heavy atom. The lowest BCUT2D eigenvalue weighted by atomic mass is 9.97. The minimum atomic E-state index is 0.267. The van der Waals surface area contributed by atoms with E-state index in [2.05, 4.69) is 32.2 Å². The number of amides is 1. The predicted molar refractivity (Wildman–Crippen MR) is 95.0 cm³/mol. The molecule has 1 saturated heterocycles. The van der Waals surface area contributed by atoms with Gasteiger partial charge in [-0.25, -0.2) is 4.98 Å². The Kier molecular flexibility index (Phi) is 4.22. The molecule has 0 radical (unpaired) electrons. The maximum absolute atomic E-state index is 12.6. The molecule has 2 aromatic rings. The highest BCUT2D eigenvalue weighted by molar-refractivity contribution is 7.08. The number of nitrogens with zero attached hydrogens (tertiary/aromatic N) is 4. The Bertz CT molecular complexity index is 690. The van der Waals surface area contributed by atoms with Crippen LogP contribution in [0.15, 0.2) is 35.4 Å². The summed E-state index contributed by atoms with van der Waals surface area (Å²) in [7, 11) is 2.10. The summed E-state index contributed by atoms with van der Waals surface area (Å²) in [6, 6.07) is 2.50. The second kappa shape index (κ2) is 6.51. The van der Waals surface area contributed by atoms with E-state index < -0.39 is 0 Å². The van der Waals surface area contributed by atoms with Gasteiger partial charge in [-0.15, -0.1) is 0 Å². The first-order chi connectivity index (χ1) is 11.7. The van der Waals surface area contributed by atoms with E-state index in [0.717, 1.165) is 24.5 Å². The maximum Gasteiger partial charge on any atom is 0.227 e. The third-order valence-electron chi connectivity index (χ3n) is 5.52. The summed E-state index contributed by atoms with van der Waals surface area (Å²) >= 11 is 1.65. The Balaban J connectivity index is 1.42. The molecular weight excluding hydrogens is 320 g/mol. The van der Waals surface area contributed by atoms with E-state index in [1.54, 1.807) is 23.7 Å². The largest absolute Gasteiger partial charge is 0.355 e. The van der Waals surface area contributed by atoms with Crippen LogP contribution in [0.2, 0.25) is 0 Å². The van der Waals surface area contributed by atoms with Crippen molar-refractivity contribution in [1.82, 2.24) is 14.9 Å². The van der Waals surface area contributed by atoms with E-state index in [1.165, 1.54) is 12.8 Å². The van der Waals surface area contributed by atoms with Gasteiger partial charge in [0.15, 0.2) is 0 Å². The number of fused-ring (bicyclic) bond motifs is 1. The highest BCUT2D eigenvalue weighted by atomic mass is 32.1. The van der Waals surface area contributed by atoms with Crippen molar-refractivity contribution in [3.05, 3.63) is 41.0 Å². The van der Waals surface area contributed by atoms with Gasteiger partial charge in [0.25, 0.3) is 0 Å². The summed E-state index contributed by atoms with van der Waals surface area (Å²) in [5.41, 5.74) is 1.13. The number of aromatic nitrogens is 2. The number of rotatable bonds is 4. The molecular formula is C18H22N4OS. The van der Waals surface area contributed by atoms with E-state index in [1.807, 2.05) is 17.6 Å². The van der Waals surface area contributed by atoms with E-state index >= 15 is 0 Å². The normalized spacial score (nSPS) is 25.7. The van der Waals surface area contributed by atoms with Gasteiger partial charge in [0.1, 0.15) is 5.82 Å². The fraction of sp³-hybridized carbons (Fsp3) is 0.500. The van der Waals surface area contributed by atoms with Crippen LogP contribution in [0.4, 0.5) is 5.82 Å². The van der Waals surface area contributed by atoms with E-state index in [4.69, 9.17) is 0 Å². The molecule has 0 aromatic carbocycles. The monoisotopic (exact) mass is 342 g/mol. The van der Waals surface area contributed by atoms with Gasteiger partial charge in [-0.2, -0.15) is 11.3 Å². The van der Waals surface area contributed by atoms with Crippen molar-refractivity contribution in [3.63, 3.8) is 0 Å². The summed E-state index contributed by atoms with van der Waals surface area (Å²) in [6.45, 7) is 1.79. The first-order valence-corrected chi connectivity index (χ1v) is 9.44. The van der Waals surface area contributed by atoms with Gasteiger partial charge in [0, 0.05) is 44.5 Å². The van der Waals surface area contributed by atoms with E-state index in [0.29, 0.717) is 24.3 Å². The molecule has 1 saturated carbocycles. The van der Waals surface area contributed by atoms with Gasteiger partial charge in [0.05, 0.1) is 12.6 Å². The number of hydrogen-bond acceptors (Lipinski definition) is 5. The summed E-state index contributed by atoms with van der Waals surface area (Å²) in [5.74, 6) is 2.36. The maximum atomic E-state index is 12.6. The number of thiophene rings is 1. The molecule has 6 heteroatoms. The zero-order valence-corrected chi connectivity index (χ0v) is 14.7. The average Bonchev–Trinajstić information content (AvgIpc) is 3.31. The molecule has 0 spiro atoms. The third-order valence-corrected chi connectivity index (χ3v) is 6.25. The molecule has 1 aliphatic heterocycles. The molecule has 4 rings (SSSR count). The molecule has 2 aromatic heterocycles. The predicted octanol–water partition coefficient (Wildman–Crippen LogP) is 2.45. The van der Waals surface area contributed by atoms with E-state index in [-0.39, 0.29) is 5.91 Å². The molecule has 0 unspecified atom stereocenters. The first-order valence-electron chi connectivity index (χ1n) is 8.50. The van der Waals surface area contributed by atoms with Crippen LogP contribution in [-0.2, 0) is 11.2 Å². The lowest BCUT2D eigenvalue weighted by Crippen LogP contribution is -2.39. The van der Waals surface area contributed by atoms with Crippen LogP contribution in [0, 0.1) is 11.8 Å². The number of carbonyl (C=O) groups is 1. The van der Waals surface area contributed by atoms with E-state index in [9.17, 15) is 4.79 Å². The zero-order valence-electron chi connectivity index (χ0n) is 13.8. The molecule has 1 aliphatic carbocycles. The van der Waals surface area contributed by atoms with Gasteiger partial charge in [-0.1, -0.05) is 0 Å². The topological polar surface area (TPSA) is 49.3 Å². The summed E-state index contributed by atoms with van der Waals surface area (Å²) < 4.78 is 0. The van der Waals surface area contributed by atoms with Gasteiger partial charge < -0.3 is 9.80 Å². The van der Waals surface area contributed by atoms with Crippen molar-refractivity contribution in [2.24, 2.45) is 11.8 Å². The lowest BCUT2D eigenvalue weighted by molar-refractivity contribution is -0.129. The van der Waals surface area contributed by atoms with Crippen LogP contribution in [0.5, 0.6) is 0 Å². The second-order valence-corrected chi connectivity index (χ2v) is 7.63. The molecule has 3 heterocycles. The summed E-state index contributed by atoms with van der Waals surface area (Å²) in [4.78, 5) is 25.5. The smallest absolute Gasteiger partial charge is 0.227 e. The number of hydrogen-bond donors (Lipinski definition) is 0. The van der Waals surface area contributed by atoms with Crippen molar-refractivity contribution in [2.45, 2.75) is 25.3 Å². The molecule has 0 N–H and O–H groups in total. The molecule has 24 heavy (non-hydrogen) atoms. The van der Waals surface area contributed by atoms with Gasteiger partial charge >= 0.3 is 0 Å². The van der Waals surface area contributed by atoms with Crippen molar-refractivity contribution >= 4 is 23.1 Å². The Labute approximate surface area is 146 Å². The highest BCUT2D eigenvalue weighted by Crippen LogP contribution is 2.41. The van der Waals surface area contributed by atoms with Gasteiger partial charge in [-0.05, 0) is 41.1 Å². The molecule has 5 nitrogen and oxygen atoms in total. The fourth-order valence-electron chi connectivity index (χ4n) is 4.24. The van der Waals surface area contributed by atoms with Crippen LogP contribution < -0.4 is 4.90 Å². The molecule has 3 atom stereocenters. The van der Waals surface area contributed by atoms with Gasteiger partial charge in [0.2, 0.25) is 5.91 Å². The first kappa shape index (κ1) is 15.6. The lowest BCUT2D eigenvalue weighted by Gasteiger charge is -2.30. The average molecular weight is 342 g/mol. The molecule has 126 valence electrons. The quantitative estimate of drug-likeness (QED) is 0.856. The number of carbonyl (C=O) groups excluding carboxylic acids is 1. The number of likely N-dealkylation sites (tertiary alicyclic amines) is 1. The highest BCUT2D eigenvalue weighted by Gasteiger charge is 2.45. The third kappa shape index (κ3) is 2.90. The van der Waals surface area contributed by atoms with Crippen molar-refractivity contribution in [3.8, 4) is 0 Å². The standard InChI is InChI=1S/C18H22N4OS/c1-21(17-9-19-5-6-20-17)16-3-2-14-10-22(11-15(14)16)18(23)8-13-4-7-24-12-13/h4-7,9,12,14-16H,2-3,8,10-11H2,1H3/t14-,15+,16-/m1/s1. The van der Waals surface area contributed by atoms with Crippen LogP contribution in [0.3, 0.4) is 0 Å². The fourth-order valence-corrected chi connectivity index (χ4v) is 4.91. The Morgan fingerprint density at radius 3 is 3.04 bits per heavy atom.